The number of hydrogen-bond acceptors (Lipinski definition) is 4. The molecule has 1 aliphatic rings. The Bertz CT molecular complexity index is 868. The van der Waals surface area contributed by atoms with Gasteiger partial charge in [0.25, 0.3) is 5.91 Å². The summed E-state index contributed by atoms with van der Waals surface area (Å²) in [6.45, 7) is 0.411. The van der Waals surface area contributed by atoms with Crippen LogP contribution in [-0.2, 0) is 11.4 Å². The first-order valence-corrected chi connectivity index (χ1v) is 9.72. The number of halogens is 2. The molecule has 2 aromatic rings. The zero-order valence-corrected chi connectivity index (χ0v) is 17.1. The van der Waals surface area contributed by atoms with Gasteiger partial charge in [-0.25, -0.2) is 0 Å². The molecular formula is C18H13BrClNO2S2. The van der Waals surface area contributed by atoms with E-state index in [0.717, 1.165) is 15.6 Å². The van der Waals surface area contributed by atoms with Crippen molar-refractivity contribution in [3.8, 4) is 5.75 Å². The van der Waals surface area contributed by atoms with Crippen molar-refractivity contribution in [1.82, 2.24) is 4.90 Å². The van der Waals surface area contributed by atoms with Crippen LogP contribution in [0.25, 0.3) is 6.08 Å². The molecule has 7 heteroatoms. The number of amides is 1. The van der Waals surface area contributed by atoms with E-state index in [9.17, 15) is 4.79 Å². The summed E-state index contributed by atoms with van der Waals surface area (Å²) in [5.41, 5.74) is 1.83. The molecule has 0 aliphatic carbocycles. The minimum Gasteiger partial charge on any atom is -0.488 e. The Morgan fingerprint density at radius 3 is 2.64 bits per heavy atom. The SMILES string of the molecule is CN1C(=O)C(=Cc2cc(Br)ccc2OCc2ccc(Cl)cc2)SC1=S. The van der Waals surface area contributed by atoms with Gasteiger partial charge in [-0.3, -0.25) is 9.69 Å². The third-order valence-electron chi connectivity index (χ3n) is 3.55. The predicted octanol–water partition coefficient (Wildman–Crippen LogP) is 5.51. The van der Waals surface area contributed by atoms with Gasteiger partial charge in [-0.15, -0.1) is 0 Å². The maximum absolute atomic E-state index is 12.2. The Kier molecular flexibility index (Phi) is 5.84. The van der Waals surface area contributed by atoms with Crippen LogP contribution in [0.4, 0.5) is 0 Å². The molecule has 25 heavy (non-hydrogen) atoms. The molecule has 0 saturated carbocycles. The number of benzene rings is 2. The zero-order valence-electron chi connectivity index (χ0n) is 13.2. The Hall–Kier alpha value is -1.34. The van der Waals surface area contributed by atoms with E-state index in [2.05, 4.69) is 15.9 Å². The summed E-state index contributed by atoms with van der Waals surface area (Å²) in [4.78, 5) is 14.3. The average molecular weight is 455 g/mol. The maximum atomic E-state index is 12.2. The van der Waals surface area contributed by atoms with Gasteiger partial charge in [-0.1, -0.05) is 63.6 Å². The van der Waals surface area contributed by atoms with Crippen LogP contribution in [0.3, 0.4) is 0 Å². The fourth-order valence-corrected chi connectivity index (χ4v) is 3.87. The molecule has 1 fully saturated rings. The molecule has 0 aromatic heterocycles. The summed E-state index contributed by atoms with van der Waals surface area (Å²) in [7, 11) is 1.68. The van der Waals surface area contributed by atoms with Crippen LogP contribution in [0.1, 0.15) is 11.1 Å². The fraction of sp³-hybridized carbons (Fsp3) is 0.111. The summed E-state index contributed by atoms with van der Waals surface area (Å²) >= 11 is 15.8. The first-order valence-electron chi connectivity index (χ1n) is 7.32. The lowest BCUT2D eigenvalue weighted by Crippen LogP contribution is -2.22. The first kappa shape index (κ1) is 18.5. The minimum absolute atomic E-state index is 0.0985. The number of rotatable bonds is 4. The minimum atomic E-state index is -0.0985. The lowest BCUT2D eigenvalue weighted by molar-refractivity contribution is -0.121. The van der Waals surface area contributed by atoms with Gasteiger partial charge >= 0.3 is 0 Å². The molecule has 3 nitrogen and oxygen atoms in total. The molecule has 1 aliphatic heterocycles. The van der Waals surface area contributed by atoms with Crippen LogP contribution >= 0.6 is 51.5 Å². The topological polar surface area (TPSA) is 29.5 Å². The van der Waals surface area contributed by atoms with Gasteiger partial charge in [0.1, 0.15) is 16.7 Å². The lowest BCUT2D eigenvalue weighted by Gasteiger charge is -2.10. The normalized spacial score (nSPS) is 16.0. The number of nitrogens with zero attached hydrogens (tertiary/aromatic N) is 1. The van der Waals surface area contributed by atoms with Crippen molar-refractivity contribution in [3.05, 3.63) is 68.0 Å². The van der Waals surface area contributed by atoms with Crippen molar-refractivity contribution in [2.24, 2.45) is 0 Å². The molecule has 1 heterocycles. The van der Waals surface area contributed by atoms with Gasteiger partial charge < -0.3 is 4.74 Å². The van der Waals surface area contributed by atoms with E-state index < -0.39 is 0 Å². The number of likely N-dealkylation sites (N-methyl/N-ethyl adjacent to an activating group) is 1. The Labute approximate surface area is 169 Å². The largest absolute Gasteiger partial charge is 0.488 e. The van der Waals surface area contributed by atoms with E-state index >= 15 is 0 Å². The van der Waals surface area contributed by atoms with Crippen LogP contribution in [-0.4, -0.2) is 22.2 Å². The van der Waals surface area contributed by atoms with Crippen molar-refractivity contribution in [1.29, 1.82) is 0 Å². The van der Waals surface area contributed by atoms with E-state index in [1.165, 1.54) is 16.7 Å². The third-order valence-corrected chi connectivity index (χ3v) is 5.78. The lowest BCUT2D eigenvalue weighted by atomic mass is 10.1. The van der Waals surface area contributed by atoms with Crippen LogP contribution < -0.4 is 4.74 Å². The number of carbonyl (C=O) groups is 1. The highest BCUT2D eigenvalue weighted by atomic mass is 79.9. The molecule has 0 N–H and O–H groups in total. The molecule has 1 saturated heterocycles. The van der Waals surface area contributed by atoms with Crippen LogP contribution in [0.2, 0.25) is 5.02 Å². The fourth-order valence-electron chi connectivity index (χ4n) is 2.19. The average Bonchev–Trinajstić information content (AvgIpc) is 2.83. The van der Waals surface area contributed by atoms with Crippen molar-refractivity contribution in [2.75, 3.05) is 7.05 Å². The first-order chi connectivity index (χ1) is 11.9. The summed E-state index contributed by atoms with van der Waals surface area (Å²) in [6.07, 6.45) is 1.81. The second-order valence-corrected chi connectivity index (χ2v) is 8.37. The number of thiocarbonyl (C=S) groups is 1. The van der Waals surface area contributed by atoms with Crippen LogP contribution in [0, 0.1) is 0 Å². The summed E-state index contributed by atoms with van der Waals surface area (Å²) in [5.74, 6) is 0.596. The molecule has 0 spiro atoms. The number of ether oxygens (including phenoxy) is 1. The molecular weight excluding hydrogens is 442 g/mol. The van der Waals surface area contributed by atoms with Crippen molar-refractivity contribution < 1.29 is 9.53 Å². The smallest absolute Gasteiger partial charge is 0.265 e. The highest BCUT2D eigenvalue weighted by molar-refractivity contribution is 9.10. The van der Waals surface area contributed by atoms with Crippen molar-refractivity contribution >= 4 is 67.8 Å². The quantitative estimate of drug-likeness (QED) is 0.450. The monoisotopic (exact) mass is 453 g/mol. The standard InChI is InChI=1S/C18H13BrClNO2S2/c1-21-17(22)16(25-18(21)24)9-12-8-13(19)4-7-15(12)23-10-11-2-5-14(20)6-3-11/h2-9H,10H2,1H3. The molecule has 3 rings (SSSR count). The number of carbonyl (C=O) groups excluding carboxylic acids is 1. The molecule has 0 radical (unpaired) electrons. The van der Waals surface area contributed by atoms with E-state index in [0.29, 0.717) is 26.6 Å². The number of hydrogen-bond donors (Lipinski definition) is 0. The molecule has 1 amide bonds. The van der Waals surface area contributed by atoms with Gasteiger partial charge in [-0.05, 0) is 42.0 Å². The predicted molar refractivity (Wildman–Crippen MR) is 111 cm³/mol. The van der Waals surface area contributed by atoms with Crippen LogP contribution in [0.15, 0.2) is 51.8 Å². The Morgan fingerprint density at radius 1 is 1.28 bits per heavy atom. The third kappa shape index (κ3) is 4.44. The number of thioether (sulfide) groups is 1. The Balaban J connectivity index is 1.84. The van der Waals surface area contributed by atoms with E-state index in [1.54, 1.807) is 7.05 Å². The molecule has 0 bridgehead atoms. The summed E-state index contributed by atoms with van der Waals surface area (Å²) in [6, 6.07) is 13.2. The second kappa shape index (κ2) is 7.91. The molecule has 0 unspecified atom stereocenters. The summed E-state index contributed by atoms with van der Waals surface area (Å²) < 4.78 is 7.40. The van der Waals surface area contributed by atoms with Gasteiger partial charge in [-0.2, -0.15) is 0 Å². The van der Waals surface area contributed by atoms with Gasteiger partial charge in [0.15, 0.2) is 0 Å². The van der Waals surface area contributed by atoms with Gasteiger partial charge in [0.05, 0.1) is 4.91 Å². The molecule has 2 aromatic carbocycles. The van der Waals surface area contributed by atoms with Gasteiger partial charge in [0, 0.05) is 22.1 Å². The highest BCUT2D eigenvalue weighted by Gasteiger charge is 2.28. The molecule has 128 valence electrons. The zero-order chi connectivity index (χ0) is 18.0. The van der Waals surface area contributed by atoms with E-state index in [1.807, 2.05) is 48.5 Å². The summed E-state index contributed by atoms with van der Waals surface area (Å²) in [5, 5.41) is 0.690. The maximum Gasteiger partial charge on any atom is 0.265 e. The van der Waals surface area contributed by atoms with Crippen molar-refractivity contribution in [2.45, 2.75) is 6.61 Å². The van der Waals surface area contributed by atoms with E-state index in [-0.39, 0.29) is 5.91 Å². The van der Waals surface area contributed by atoms with Crippen molar-refractivity contribution in [3.63, 3.8) is 0 Å². The van der Waals surface area contributed by atoms with Gasteiger partial charge in [0.2, 0.25) is 0 Å². The second-order valence-electron chi connectivity index (χ2n) is 5.34. The Morgan fingerprint density at radius 2 is 2.00 bits per heavy atom. The highest BCUT2D eigenvalue weighted by Crippen LogP contribution is 2.34. The molecule has 0 atom stereocenters. The van der Waals surface area contributed by atoms with Crippen LogP contribution in [0.5, 0.6) is 5.75 Å². The van der Waals surface area contributed by atoms with E-state index in [4.69, 9.17) is 28.6 Å².